The first-order chi connectivity index (χ1) is 10.9. The molecule has 23 heavy (non-hydrogen) atoms. The predicted molar refractivity (Wildman–Crippen MR) is 85.3 cm³/mol. The predicted octanol–water partition coefficient (Wildman–Crippen LogP) is 3.27. The van der Waals surface area contributed by atoms with Crippen LogP contribution in [0.3, 0.4) is 0 Å². The minimum absolute atomic E-state index is 0.0421. The molecule has 1 aliphatic rings. The average molecular weight is 317 g/mol. The van der Waals surface area contributed by atoms with E-state index >= 15 is 0 Å². The Morgan fingerprint density at radius 3 is 2.57 bits per heavy atom. The van der Waals surface area contributed by atoms with Crippen LogP contribution in [-0.4, -0.2) is 28.6 Å². The molecule has 0 aromatic heterocycles. The molecule has 0 radical (unpaired) electrons. The molecule has 0 saturated carbocycles. The number of hydrogen-bond acceptors (Lipinski definition) is 5. The van der Waals surface area contributed by atoms with E-state index in [0.29, 0.717) is 5.57 Å². The summed E-state index contributed by atoms with van der Waals surface area (Å²) in [4.78, 5) is 23.1. The third kappa shape index (κ3) is 3.26. The number of benzene rings is 1. The maximum Gasteiger partial charge on any atom is 0.337 e. The normalized spacial score (nSPS) is 23.0. The number of nitro groups is 1. The van der Waals surface area contributed by atoms with Crippen LogP contribution in [0.25, 0.3) is 6.08 Å². The van der Waals surface area contributed by atoms with Gasteiger partial charge in [0.05, 0.1) is 19.1 Å². The van der Waals surface area contributed by atoms with Crippen molar-refractivity contribution in [1.82, 2.24) is 0 Å². The zero-order valence-corrected chi connectivity index (χ0v) is 13.1. The highest BCUT2D eigenvalue weighted by molar-refractivity contribution is 5.91. The van der Waals surface area contributed by atoms with Gasteiger partial charge in [0.25, 0.3) is 0 Å². The maximum atomic E-state index is 11.9. The van der Waals surface area contributed by atoms with Crippen LogP contribution in [0.1, 0.15) is 31.7 Å². The summed E-state index contributed by atoms with van der Waals surface area (Å²) in [5, 5.41) is 22.0. The van der Waals surface area contributed by atoms with Gasteiger partial charge in [0.1, 0.15) is 5.76 Å². The largest absolute Gasteiger partial charge is 0.507 e. The second kappa shape index (κ2) is 6.64. The Morgan fingerprint density at radius 2 is 2.04 bits per heavy atom. The monoisotopic (exact) mass is 317 g/mol. The summed E-state index contributed by atoms with van der Waals surface area (Å²) in [5.74, 6) is -0.951. The van der Waals surface area contributed by atoms with E-state index in [2.05, 4.69) is 4.74 Å². The van der Waals surface area contributed by atoms with Crippen molar-refractivity contribution >= 4 is 12.0 Å². The number of esters is 1. The number of carbonyl (C=O) groups excluding carboxylic acids is 1. The molecule has 0 spiro atoms. The SMILES string of the molecule is CCC1([N+](=O)[O-])CC(C(=O)OC)=C(O)/C(=C\c2ccccc2)C1. The zero-order chi connectivity index (χ0) is 17.0. The molecule has 0 heterocycles. The van der Waals surface area contributed by atoms with Crippen molar-refractivity contribution in [3.05, 3.63) is 62.9 Å². The number of nitrogens with zero attached hydrogens (tertiary/aromatic N) is 1. The van der Waals surface area contributed by atoms with Gasteiger partial charge in [-0.25, -0.2) is 4.79 Å². The molecular formula is C17H19NO5. The van der Waals surface area contributed by atoms with E-state index in [1.54, 1.807) is 13.0 Å². The number of carbonyl (C=O) groups is 1. The fraction of sp³-hybridized carbons (Fsp3) is 0.353. The minimum atomic E-state index is -1.31. The number of aliphatic hydroxyl groups is 1. The first kappa shape index (κ1) is 16.7. The van der Waals surface area contributed by atoms with Crippen LogP contribution in [0.15, 0.2) is 47.2 Å². The van der Waals surface area contributed by atoms with E-state index in [-0.39, 0.29) is 35.5 Å². The summed E-state index contributed by atoms with van der Waals surface area (Å²) in [5.41, 5.74) is -0.175. The van der Waals surface area contributed by atoms with Gasteiger partial charge in [0.2, 0.25) is 5.54 Å². The van der Waals surface area contributed by atoms with Crippen LogP contribution in [0.4, 0.5) is 0 Å². The number of rotatable bonds is 4. The lowest BCUT2D eigenvalue weighted by atomic mass is 9.76. The molecule has 0 saturated heterocycles. The first-order valence-electron chi connectivity index (χ1n) is 7.34. The highest BCUT2D eigenvalue weighted by Gasteiger charge is 2.48. The van der Waals surface area contributed by atoms with Crippen LogP contribution < -0.4 is 0 Å². The molecule has 1 N–H and O–H groups in total. The van der Waals surface area contributed by atoms with E-state index in [4.69, 9.17) is 0 Å². The van der Waals surface area contributed by atoms with Gasteiger partial charge in [0, 0.05) is 23.3 Å². The van der Waals surface area contributed by atoms with Gasteiger partial charge in [-0.15, -0.1) is 0 Å². The second-order valence-corrected chi connectivity index (χ2v) is 5.59. The number of aliphatic hydroxyl groups excluding tert-OH is 1. The maximum absolute atomic E-state index is 11.9. The van der Waals surface area contributed by atoms with Crippen molar-refractivity contribution < 1.29 is 19.6 Å². The van der Waals surface area contributed by atoms with Crippen molar-refractivity contribution in [3.63, 3.8) is 0 Å². The molecule has 6 nitrogen and oxygen atoms in total. The molecule has 1 aromatic rings. The van der Waals surface area contributed by atoms with Gasteiger partial charge < -0.3 is 9.84 Å². The van der Waals surface area contributed by atoms with Crippen LogP contribution in [0.5, 0.6) is 0 Å². The van der Waals surface area contributed by atoms with E-state index in [1.807, 2.05) is 30.3 Å². The lowest BCUT2D eigenvalue weighted by Crippen LogP contribution is -2.42. The summed E-state index contributed by atoms with van der Waals surface area (Å²) in [7, 11) is 1.19. The van der Waals surface area contributed by atoms with Gasteiger partial charge >= 0.3 is 5.97 Å². The minimum Gasteiger partial charge on any atom is -0.507 e. The molecule has 0 fully saturated rings. The molecule has 0 bridgehead atoms. The Bertz CT molecular complexity index is 677. The number of hydrogen-bond donors (Lipinski definition) is 1. The van der Waals surface area contributed by atoms with Crippen molar-refractivity contribution in [3.8, 4) is 0 Å². The number of ether oxygens (including phenoxy) is 1. The summed E-state index contributed by atoms with van der Waals surface area (Å²) in [6.07, 6.45) is 1.85. The number of methoxy groups -OCH3 is 1. The second-order valence-electron chi connectivity index (χ2n) is 5.59. The van der Waals surface area contributed by atoms with E-state index < -0.39 is 11.5 Å². The topological polar surface area (TPSA) is 89.7 Å². The summed E-state index contributed by atoms with van der Waals surface area (Å²) >= 11 is 0. The smallest absolute Gasteiger partial charge is 0.337 e. The van der Waals surface area contributed by atoms with Crippen molar-refractivity contribution in [2.24, 2.45) is 0 Å². The lowest BCUT2D eigenvalue weighted by molar-refractivity contribution is -0.570. The fourth-order valence-electron chi connectivity index (χ4n) is 2.78. The molecule has 1 aliphatic carbocycles. The van der Waals surface area contributed by atoms with Gasteiger partial charge in [-0.3, -0.25) is 10.1 Å². The summed E-state index contributed by atoms with van der Waals surface area (Å²) in [6, 6.07) is 9.17. The van der Waals surface area contributed by atoms with E-state index in [0.717, 1.165) is 5.56 Å². The highest BCUT2D eigenvalue weighted by Crippen LogP contribution is 2.40. The third-order valence-electron chi connectivity index (χ3n) is 4.23. The third-order valence-corrected chi connectivity index (χ3v) is 4.23. The fourth-order valence-corrected chi connectivity index (χ4v) is 2.78. The summed E-state index contributed by atoms with van der Waals surface area (Å²) in [6.45, 7) is 1.71. The Labute approximate surface area is 134 Å². The highest BCUT2D eigenvalue weighted by atomic mass is 16.6. The molecule has 122 valence electrons. The Hall–Kier alpha value is -2.63. The van der Waals surface area contributed by atoms with Crippen LogP contribution in [0.2, 0.25) is 0 Å². The van der Waals surface area contributed by atoms with Gasteiger partial charge in [-0.05, 0) is 11.6 Å². The van der Waals surface area contributed by atoms with Crippen LogP contribution in [-0.2, 0) is 9.53 Å². The summed E-state index contributed by atoms with van der Waals surface area (Å²) < 4.78 is 4.67. The van der Waals surface area contributed by atoms with Gasteiger partial charge in [-0.2, -0.15) is 0 Å². The van der Waals surface area contributed by atoms with Gasteiger partial charge in [-0.1, -0.05) is 37.3 Å². The average Bonchev–Trinajstić information content (AvgIpc) is 2.56. The molecule has 1 aromatic carbocycles. The molecule has 0 aliphatic heterocycles. The van der Waals surface area contributed by atoms with E-state index in [9.17, 15) is 20.0 Å². The first-order valence-corrected chi connectivity index (χ1v) is 7.34. The van der Waals surface area contributed by atoms with Crippen molar-refractivity contribution in [2.45, 2.75) is 31.7 Å². The van der Waals surface area contributed by atoms with Gasteiger partial charge in [0.15, 0.2) is 0 Å². The Balaban J connectivity index is 2.57. The molecule has 6 heteroatoms. The lowest BCUT2D eigenvalue weighted by Gasteiger charge is -2.30. The molecule has 0 amide bonds. The standard InChI is InChI=1S/C17H19NO5/c1-3-17(18(21)22)10-13(9-12-7-5-4-6-8-12)15(19)14(11-17)16(20)23-2/h4-9,19H,3,10-11H2,1-2H3/b13-9-. The number of allylic oxidation sites excluding steroid dienone is 1. The quantitative estimate of drug-likeness (QED) is 0.523. The van der Waals surface area contributed by atoms with Crippen molar-refractivity contribution in [1.29, 1.82) is 0 Å². The molecular weight excluding hydrogens is 298 g/mol. The molecule has 1 atom stereocenters. The van der Waals surface area contributed by atoms with Crippen LogP contribution in [0, 0.1) is 10.1 Å². The van der Waals surface area contributed by atoms with Crippen LogP contribution >= 0.6 is 0 Å². The molecule has 1 unspecified atom stereocenters. The molecule has 2 rings (SSSR count). The Kier molecular flexibility index (Phi) is 4.83. The van der Waals surface area contributed by atoms with Crippen molar-refractivity contribution in [2.75, 3.05) is 7.11 Å². The Morgan fingerprint density at radius 1 is 1.39 bits per heavy atom. The zero-order valence-electron chi connectivity index (χ0n) is 13.1. The van der Waals surface area contributed by atoms with E-state index in [1.165, 1.54) is 7.11 Å².